The SMILES string of the molecule is Cc1ccc(C(=O)NCC2CCCCC2)c(I)c1. The van der Waals surface area contributed by atoms with Gasteiger partial charge >= 0.3 is 0 Å². The zero-order chi connectivity index (χ0) is 13.0. The lowest BCUT2D eigenvalue weighted by atomic mass is 9.89. The normalized spacial score (nSPS) is 16.6. The molecule has 0 unspecified atom stereocenters. The summed E-state index contributed by atoms with van der Waals surface area (Å²) in [5.74, 6) is 0.760. The molecule has 2 nitrogen and oxygen atoms in total. The van der Waals surface area contributed by atoms with Gasteiger partial charge < -0.3 is 5.32 Å². The first-order valence-corrected chi connectivity index (χ1v) is 7.79. The third-order valence-electron chi connectivity index (χ3n) is 3.65. The maximum atomic E-state index is 12.1. The Kier molecular flexibility index (Phi) is 5.03. The monoisotopic (exact) mass is 357 g/mol. The van der Waals surface area contributed by atoms with E-state index in [1.165, 1.54) is 37.7 Å². The molecule has 1 aliphatic rings. The highest BCUT2D eigenvalue weighted by Crippen LogP contribution is 2.23. The fourth-order valence-corrected chi connectivity index (χ4v) is 3.44. The van der Waals surface area contributed by atoms with E-state index in [0.717, 1.165) is 15.7 Å². The third kappa shape index (κ3) is 3.70. The first kappa shape index (κ1) is 13.8. The summed E-state index contributed by atoms with van der Waals surface area (Å²) in [5, 5.41) is 3.09. The van der Waals surface area contributed by atoms with Crippen LogP contribution < -0.4 is 5.32 Å². The van der Waals surface area contributed by atoms with Gasteiger partial charge in [0.25, 0.3) is 5.91 Å². The van der Waals surface area contributed by atoms with Crippen LogP contribution in [0.25, 0.3) is 0 Å². The van der Waals surface area contributed by atoms with Gasteiger partial charge in [-0.05, 0) is 60.4 Å². The number of nitrogens with one attached hydrogen (secondary N) is 1. The number of aryl methyl sites for hydroxylation is 1. The van der Waals surface area contributed by atoms with E-state index >= 15 is 0 Å². The summed E-state index contributed by atoms with van der Waals surface area (Å²) in [4.78, 5) is 12.1. The van der Waals surface area contributed by atoms with Crippen LogP contribution in [0.15, 0.2) is 18.2 Å². The van der Waals surface area contributed by atoms with Crippen LogP contribution >= 0.6 is 22.6 Å². The van der Waals surface area contributed by atoms with Crippen molar-refractivity contribution in [2.75, 3.05) is 6.54 Å². The van der Waals surface area contributed by atoms with Crippen molar-refractivity contribution in [3.8, 4) is 0 Å². The highest BCUT2D eigenvalue weighted by Gasteiger charge is 2.15. The molecule has 1 N–H and O–H groups in total. The third-order valence-corrected chi connectivity index (χ3v) is 4.54. The molecule has 1 fully saturated rings. The average molecular weight is 357 g/mol. The van der Waals surface area contributed by atoms with Crippen molar-refractivity contribution < 1.29 is 4.79 Å². The molecular formula is C15H20INO. The molecule has 0 aliphatic heterocycles. The second kappa shape index (κ2) is 6.55. The summed E-state index contributed by atoms with van der Waals surface area (Å²) in [6, 6.07) is 5.97. The number of benzene rings is 1. The highest BCUT2D eigenvalue weighted by atomic mass is 127. The highest BCUT2D eigenvalue weighted by molar-refractivity contribution is 14.1. The molecule has 0 heterocycles. The van der Waals surface area contributed by atoms with E-state index < -0.39 is 0 Å². The van der Waals surface area contributed by atoms with E-state index in [9.17, 15) is 4.79 Å². The van der Waals surface area contributed by atoms with Crippen LogP contribution in [-0.2, 0) is 0 Å². The van der Waals surface area contributed by atoms with Crippen LogP contribution in [0, 0.1) is 16.4 Å². The molecule has 0 aromatic heterocycles. The Bertz CT molecular complexity index is 425. The molecule has 98 valence electrons. The molecule has 0 bridgehead atoms. The molecule has 1 aliphatic carbocycles. The minimum absolute atomic E-state index is 0.0740. The van der Waals surface area contributed by atoms with Crippen molar-refractivity contribution in [2.24, 2.45) is 5.92 Å². The lowest BCUT2D eigenvalue weighted by Crippen LogP contribution is -2.30. The summed E-state index contributed by atoms with van der Waals surface area (Å²) >= 11 is 2.23. The molecule has 1 saturated carbocycles. The first-order chi connectivity index (χ1) is 8.66. The molecule has 1 amide bonds. The van der Waals surface area contributed by atoms with Crippen LogP contribution in [0.2, 0.25) is 0 Å². The predicted octanol–water partition coefficient (Wildman–Crippen LogP) is 3.91. The Hall–Kier alpha value is -0.580. The Morgan fingerprint density at radius 3 is 2.72 bits per heavy atom. The topological polar surface area (TPSA) is 29.1 Å². The number of amides is 1. The van der Waals surface area contributed by atoms with Gasteiger partial charge in [0, 0.05) is 10.1 Å². The Morgan fingerprint density at radius 1 is 1.33 bits per heavy atom. The number of halogens is 1. The van der Waals surface area contributed by atoms with Gasteiger partial charge in [-0.15, -0.1) is 0 Å². The number of carbonyl (C=O) groups excluding carboxylic acids is 1. The average Bonchev–Trinajstić information content (AvgIpc) is 2.37. The minimum Gasteiger partial charge on any atom is -0.352 e. The van der Waals surface area contributed by atoms with Crippen LogP contribution in [-0.4, -0.2) is 12.5 Å². The maximum absolute atomic E-state index is 12.1. The molecule has 1 aromatic rings. The summed E-state index contributed by atoms with van der Waals surface area (Å²) in [6.07, 6.45) is 6.54. The van der Waals surface area contributed by atoms with E-state index in [1.54, 1.807) is 0 Å². The molecule has 2 rings (SSSR count). The summed E-state index contributed by atoms with van der Waals surface area (Å²) in [6.45, 7) is 2.88. The van der Waals surface area contributed by atoms with Gasteiger partial charge in [0.15, 0.2) is 0 Å². The van der Waals surface area contributed by atoms with Crippen LogP contribution in [0.1, 0.15) is 48.0 Å². The maximum Gasteiger partial charge on any atom is 0.252 e. The number of carbonyl (C=O) groups is 1. The lowest BCUT2D eigenvalue weighted by Gasteiger charge is -2.21. The van der Waals surface area contributed by atoms with Gasteiger partial charge in [-0.2, -0.15) is 0 Å². The molecule has 1 aromatic carbocycles. The van der Waals surface area contributed by atoms with Gasteiger partial charge in [-0.1, -0.05) is 30.9 Å². The second-order valence-corrected chi connectivity index (χ2v) is 6.36. The first-order valence-electron chi connectivity index (χ1n) is 6.71. The van der Waals surface area contributed by atoms with Gasteiger partial charge in [-0.3, -0.25) is 4.79 Å². The zero-order valence-corrected chi connectivity index (χ0v) is 13.0. The van der Waals surface area contributed by atoms with Gasteiger partial charge in [0.05, 0.1) is 5.56 Å². The van der Waals surface area contributed by atoms with Gasteiger partial charge in [-0.25, -0.2) is 0 Å². The predicted molar refractivity (Wildman–Crippen MR) is 82.8 cm³/mol. The minimum atomic E-state index is 0.0740. The molecule has 3 heteroatoms. The summed E-state index contributed by atoms with van der Waals surface area (Å²) in [5.41, 5.74) is 2.00. The zero-order valence-electron chi connectivity index (χ0n) is 10.8. The molecule has 18 heavy (non-hydrogen) atoms. The van der Waals surface area contributed by atoms with Crippen molar-refractivity contribution in [3.05, 3.63) is 32.9 Å². The number of hydrogen-bond acceptors (Lipinski definition) is 1. The number of rotatable bonds is 3. The fourth-order valence-electron chi connectivity index (χ4n) is 2.53. The van der Waals surface area contributed by atoms with Crippen molar-refractivity contribution >= 4 is 28.5 Å². The van der Waals surface area contributed by atoms with Gasteiger partial charge in [0.1, 0.15) is 0 Å². The molecule has 0 atom stereocenters. The van der Waals surface area contributed by atoms with E-state index in [2.05, 4.69) is 34.0 Å². The Labute approximate surface area is 123 Å². The van der Waals surface area contributed by atoms with Crippen molar-refractivity contribution in [1.82, 2.24) is 5.32 Å². The van der Waals surface area contributed by atoms with Crippen LogP contribution in [0.3, 0.4) is 0 Å². The smallest absolute Gasteiger partial charge is 0.252 e. The quantitative estimate of drug-likeness (QED) is 0.817. The van der Waals surface area contributed by atoms with Crippen molar-refractivity contribution in [1.29, 1.82) is 0 Å². The molecule has 0 spiro atoms. The fraction of sp³-hybridized carbons (Fsp3) is 0.533. The molecule has 0 saturated heterocycles. The Balaban J connectivity index is 1.90. The van der Waals surface area contributed by atoms with Gasteiger partial charge in [0.2, 0.25) is 0 Å². The lowest BCUT2D eigenvalue weighted by molar-refractivity contribution is 0.0942. The molecule has 0 radical (unpaired) electrons. The molecular weight excluding hydrogens is 337 g/mol. The van der Waals surface area contributed by atoms with Crippen molar-refractivity contribution in [2.45, 2.75) is 39.0 Å². The standard InChI is InChI=1S/C15H20INO/c1-11-7-8-13(14(16)9-11)15(18)17-10-12-5-3-2-4-6-12/h7-9,12H,2-6,10H2,1H3,(H,17,18). The van der Waals surface area contributed by atoms with Crippen LogP contribution in [0.5, 0.6) is 0 Å². The summed E-state index contributed by atoms with van der Waals surface area (Å²) < 4.78 is 1.04. The number of hydrogen-bond donors (Lipinski definition) is 1. The van der Waals surface area contributed by atoms with Crippen LogP contribution in [0.4, 0.5) is 0 Å². The second-order valence-electron chi connectivity index (χ2n) is 5.20. The Morgan fingerprint density at radius 2 is 2.06 bits per heavy atom. The van der Waals surface area contributed by atoms with E-state index in [1.807, 2.05) is 19.1 Å². The summed E-state index contributed by atoms with van der Waals surface area (Å²) in [7, 11) is 0. The largest absolute Gasteiger partial charge is 0.352 e. The van der Waals surface area contributed by atoms with E-state index in [0.29, 0.717) is 5.92 Å². The van der Waals surface area contributed by atoms with E-state index in [-0.39, 0.29) is 5.91 Å². The van der Waals surface area contributed by atoms with Crippen molar-refractivity contribution in [3.63, 3.8) is 0 Å². The van der Waals surface area contributed by atoms with E-state index in [4.69, 9.17) is 0 Å².